The van der Waals surface area contributed by atoms with E-state index < -0.39 is 0 Å². The molecule has 0 aliphatic rings. The number of benzene rings is 2. The molecule has 0 unspecified atom stereocenters. The smallest absolute Gasteiger partial charge is 0.130 e. The Morgan fingerprint density at radius 3 is 2.68 bits per heavy atom. The zero-order valence-corrected chi connectivity index (χ0v) is 14.9. The van der Waals surface area contributed by atoms with Gasteiger partial charge < -0.3 is 4.79 Å². The molecule has 0 atom stereocenters. The molecule has 3 aromatic rings. The minimum absolute atomic E-state index is 0.237. The quantitative estimate of drug-likeness (QED) is 0.612. The van der Waals surface area contributed by atoms with E-state index in [1.807, 2.05) is 24.4 Å². The van der Waals surface area contributed by atoms with E-state index in [-0.39, 0.29) is 5.78 Å². The van der Waals surface area contributed by atoms with E-state index in [1.165, 1.54) is 16.7 Å². The number of Topliss-reactive ketones (excluding diaryl/α,β-unsaturated/α-hetero) is 1. The molecule has 0 aliphatic carbocycles. The zero-order valence-electron chi connectivity index (χ0n) is 14.9. The van der Waals surface area contributed by atoms with Crippen LogP contribution in [0.5, 0.6) is 0 Å². The molecule has 0 fully saturated rings. The number of fused-ring (bicyclic) bond motifs is 1. The Balaban J connectivity index is 1.75. The molecule has 0 aliphatic heterocycles. The van der Waals surface area contributed by atoms with Crippen LogP contribution < -0.4 is 0 Å². The van der Waals surface area contributed by atoms with Gasteiger partial charge in [0.2, 0.25) is 0 Å². The monoisotopic (exact) mass is 329 g/mol. The minimum Gasteiger partial charge on any atom is -0.300 e. The molecule has 1 heterocycles. The van der Waals surface area contributed by atoms with Crippen molar-refractivity contribution in [1.29, 1.82) is 0 Å². The topological polar surface area (TPSA) is 30.0 Å². The molecule has 0 saturated heterocycles. The summed E-state index contributed by atoms with van der Waals surface area (Å²) in [6.45, 7) is 8.01. The van der Waals surface area contributed by atoms with Crippen LogP contribution in [-0.4, -0.2) is 10.8 Å². The van der Waals surface area contributed by atoms with Gasteiger partial charge in [-0.05, 0) is 66.6 Å². The Kier molecular flexibility index (Phi) is 5.08. The van der Waals surface area contributed by atoms with Crippen molar-refractivity contribution < 1.29 is 4.79 Å². The Morgan fingerprint density at radius 2 is 1.92 bits per heavy atom. The normalized spacial score (nSPS) is 10.8. The van der Waals surface area contributed by atoms with Gasteiger partial charge in [0.1, 0.15) is 5.78 Å². The highest BCUT2D eigenvalue weighted by molar-refractivity contribution is 5.82. The van der Waals surface area contributed by atoms with Crippen LogP contribution in [-0.2, 0) is 17.6 Å². The molecule has 126 valence electrons. The molecule has 2 heteroatoms. The highest BCUT2D eigenvalue weighted by Gasteiger charge is 2.06. The van der Waals surface area contributed by atoms with Gasteiger partial charge in [-0.15, -0.1) is 0 Å². The second kappa shape index (κ2) is 7.43. The van der Waals surface area contributed by atoms with Crippen molar-refractivity contribution in [1.82, 2.24) is 4.98 Å². The van der Waals surface area contributed by atoms with E-state index in [0.29, 0.717) is 6.42 Å². The van der Waals surface area contributed by atoms with Crippen LogP contribution in [0.25, 0.3) is 16.5 Å². The van der Waals surface area contributed by atoms with E-state index in [9.17, 15) is 4.79 Å². The lowest BCUT2D eigenvalue weighted by Crippen LogP contribution is -1.98. The number of hydrogen-bond donors (Lipinski definition) is 0. The van der Waals surface area contributed by atoms with Gasteiger partial charge in [-0.2, -0.15) is 0 Å². The van der Waals surface area contributed by atoms with Gasteiger partial charge in [0.05, 0.1) is 5.52 Å². The van der Waals surface area contributed by atoms with E-state index in [2.05, 4.69) is 48.8 Å². The Bertz CT molecular complexity index is 940. The van der Waals surface area contributed by atoms with E-state index >= 15 is 0 Å². The molecule has 0 radical (unpaired) electrons. The number of aromatic nitrogens is 1. The number of ketones is 1. The summed E-state index contributed by atoms with van der Waals surface area (Å²) in [4.78, 5) is 15.7. The average Bonchev–Trinajstić information content (AvgIpc) is 2.60. The van der Waals surface area contributed by atoms with Crippen molar-refractivity contribution in [3.63, 3.8) is 0 Å². The first-order valence-corrected chi connectivity index (χ1v) is 8.64. The van der Waals surface area contributed by atoms with Crippen molar-refractivity contribution in [2.75, 3.05) is 0 Å². The molecule has 0 N–H and O–H groups in total. The number of para-hydroxylation sites is 1. The number of allylic oxidation sites excluding steroid dienone is 1. The first kappa shape index (κ1) is 17.1. The van der Waals surface area contributed by atoms with Gasteiger partial charge in [-0.1, -0.05) is 43.0 Å². The summed E-state index contributed by atoms with van der Waals surface area (Å²) < 4.78 is 0. The molecule has 1 aromatic heterocycles. The first-order valence-electron chi connectivity index (χ1n) is 8.64. The van der Waals surface area contributed by atoms with E-state index in [4.69, 9.17) is 0 Å². The molecule has 0 bridgehead atoms. The molecule has 2 nitrogen and oxygen atoms in total. The average molecular weight is 329 g/mol. The number of rotatable bonds is 6. The Morgan fingerprint density at radius 1 is 1.12 bits per heavy atom. The SMILES string of the molecule is C=C(Cc1ccc(CCC(C)=O)c(C)c1)c1cnc2ccccc2c1. The van der Waals surface area contributed by atoms with Gasteiger partial charge in [-0.25, -0.2) is 0 Å². The van der Waals surface area contributed by atoms with Crippen LogP contribution in [0.15, 0.2) is 61.3 Å². The summed E-state index contributed by atoms with van der Waals surface area (Å²) in [7, 11) is 0. The van der Waals surface area contributed by atoms with Gasteiger partial charge in [-0.3, -0.25) is 4.98 Å². The summed E-state index contributed by atoms with van der Waals surface area (Å²) in [6, 6.07) is 16.8. The summed E-state index contributed by atoms with van der Waals surface area (Å²) in [5.74, 6) is 0.237. The number of carbonyl (C=O) groups is 1. The summed E-state index contributed by atoms with van der Waals surface area (Å²) in [5, 5.41) is 1.14. The minimum atomic E-state index is 0.237. The predicted molar refractivity (Wildman–Crippen MR) is 105 cm³/mol. The van der Waals surface area contributed by atoms with Crippen LogP contribution in [0.1, 0.15) is 35.6 Å². The van der Waals surface area contributed by atoms with Crippen molar-refractivity contribution in [3.05, 3.63) is 83.6 Å². The summed E-state index contributed by atoms with van der Waals surface area (Å²) in [5.41, 5.74) is 6.87. The van der Waals surface area contributed by atoms with Gasteiger partial charge in [0.25, 0.3) is 0 Å². The molecule has 25 heavy (non-hydrogen) atoms. The molecular formula is C23H23NO. The Labute approximate surface area is 149 Å². The van der Waals surface area contributed by atoms with Crippen molar-refractivity contribution >= 4 is 22.3 Å². The number of carbonyl (C=O) groups excluding carboxylic acids is 1. The third kappa shape index (κ3) is 4.21. The van der Waals surface area contributed by atoms with Crippen molar-refractivity contribution in [3.8, 4) is 0 Å². The lowest BCUT2D eigenvalue weighted by molar-refractivity contribution is -0.116. The molecule has 0 amide bonds. The van der Waals surface area contributed by atoms with E-state index in [0.717, 1.165) is 34.9 Å². The van der Waals surface area contributed by atoms with Crippen molar-refractivity contribution in [2.24, 2.45) is 0 Å². The number of pyridine rings is 1. The maximum atomic E-state index is 11.2. The largest absolute Gasteiger partial charge is 0.300 e. The number of nitrogens with zero attached hydrogens (tertiary/aromatic N) is 1. The van der Waals surface area contributed by atoms with E-state index in [1.54, 1.807) is 6.92 Å². The highest BCUT2D eigenvalue weighted by atomic mass is 16.1. The maximum Gasteiger partial charge on any atom is 0.130 e. The maximum absolute atomic E-state index is 11.2. The fourth-order valence-electron chi connectivity index (χ4n) is 3.07. The van der Waals surface area contributed by atoms with Crippen molar-refractivity contribution in [2.45, 2.75) is 33.1 Å². The molecule has 0 spiro atoms. The fraction of sp³-hybridized carbons (Fsp3) is 0.217. The van der Waals surface area contributed by atoms with Crippen LogP contribution >= 0.6 is 0 Å². The zero-order chi connectivity index (χ0) is 17.8. The van der Waals surface area contributed by atoms with Crippen LogP contribution in [0, 0.1) is 6.92 Å². The van der Waals surface area contributed by atoms with Crippen LogP contribution in [0.4, 0.5) is 0 Å². The second-order valence-corrected chi connectivity index (χ2v) is 6.66. The second-order valence-electron chi connectivity index (χ2n) is 6.66. The van der Waals surface area contributed by atoms with Gasteiger partial charge in [0.15, 0.2) is 0 Å². The molecule has 3 rings (SSSR count). The lowest BCUT2D eigenvalue weighted by atomic mass is 9.95. The number of aryl methyl sites for hydroxylation is 2. The van der Waals surface area contributed by atoms with Crippen LogP contribution in [0.2, 0.25) is 0 Å². The standard InChI is InChI=1S/C23H23NO/c1-16-12-19(9-11-20(16)10-8-18(3)25)13-17(2)22-14-21-6-4-5-7-23(21)24-15-22/h4-7,9,11-12,14-15H,2,8,10,13H2,1,3H3. The molecular weight excluding hydrogens is 306 g/mol. The summed E-state index contributed by atoms with van der Waals surface area (Å²) in [6.07, 6.45) is 4.12. The van der Waals surface area contributed by atoms with Gasteiger partial charge in [0, 0.05) is 18.0 Å². The third-order valence-electron chi connectivity index (χ3n) is 4.57. The molecule has 2 aromatic carbocycles. The Hall–Kier alpha value is -2.74. The highest BCUT2D eigenvalue weighted by Crippen LogP contribution is 2.23. The molecule has 0 saturated carbocycles. The van der Waals surface area contributed by atoms with Crippen LogP contribution in [0.3, 0.4) is 0 Å². The third-order valence-corrected chi connectivity index (χ3v) is 4.57. The van der Waals surface area contributed by atoms with Gasteiger partial charge >= 0.3 is 0 Å². The predicted octanol–water partition coefficient (Wildman–Crippen LogP) is 5.32. The fourth-order valence-corrected chi connectivity index (χ4v) is 3.07. The lowest BCUT2D eigenvalue weighted by Gasteiger charge is -2.10. The number of hydrogen-bond acceptors (Lipinski definition) is 2. The first-order chi connectivity index (χ1) is 12.0. The summed E-state index contributed by atoms with van der Waals surface area (Å²) >= 11 is 0.